The maximum atomic E-state index is 14.3. The molecule has 40 heavy (non-hydrogen) atoms. The van der Waals surface area contributed by atoms with Gasteiger partial charge in [-0.1, -0.05) is 0 Å². The van der Waals surface area contributed by atoms with Crippen LogP contribution < -0.4 is 21.3 Å². The van der Waals surface area contributed by atoms with Crippen LogP contribution in [0.25, 0.3) is 0 Å². The Hall–Kier alpha value is -3.23. The Kier molecular flexibility index (Phi) is 8.29. The number of hydrogen-bond acceptors (Lipinski definition) is 10. The summed E-state index contributed by atoms with van der Waals surface area (Å²) in [6, 6.07) is 4.06. The van der Waals surface area contributed by atoms with Crippen LogP contribution in [0.15, 0.2) is 24.4 Å². The Morgan fingerprint density at radius 3 is 2.73 bits per heavy atom. The molecule has 214 valence electrons. The summed E-state index contributed by atoms with van der Waals surface area (Å²) in [4.78, 5) is 48.1. The van der Waals surface area contributed by atoms with Gasteiger partial charge in [0, 0.05) is 49.6 Å². The van der Waals surface area contributed by atoms with Gasteiger partial charge in [0.15, 0.2) is 11.6 Å². The molecule has 1 aromatic heterocycles. The number of fused-ring (bicyclic) bond motifs is 2. The van der Waals surface area contributed by atoms with Crippen LogP contribution in [0.3, 0.4) is 0 Å². The van der Waals surface area contributed by atoms with E-state index in [-0.39, 0.29) is 45.5 Å². The minimum Gasteiger partial charge on any atom is -0.369 e. The summed E-state index contributed by atoms with van der Waals surface area (Å²) < 4.78 is 14.3. The highest BCUT2D eigenvalue weighted by Crippen LogP contribution is 2.53. The average molecular weight is 593 g/mol. The number of nitro benzene ring substituents is 1. The summed E-state index contributed by atoms with van der Waals surface area (Å²) in [6.07, 6.45) is 2.37. The van der Waals surface area contributed by atoms with Crippen LogP contribution >= 0.6 is 23.4 Å². The lowest BCUT2D eigenvalue weighted by molar-refractivity contribution is -0.384. The third-order valence-corrected chi connectivity index (χ3v) is 9.61. The predicted octanol–water partition coefficient (Wildman–Crippen LogP) is 2.59. The molecular weight excluding hydrogens is 563 g/mol. The van der Waals surface area contributed by atoms with Gasteiger partial charge in [0.25, 0.3) is 5.69 Å². The lowest BCUT2D eigenvalue weighted by Gasteiger charge is -2.35. The van der Waals surface area contributed by atoms with Gasteiger partial charge in [-0.05, 0) is 49.4 Å². The molecule has 5 rings (SSSR count). The molecule has 5 atom stereocenters. The molecule has 0 spiro atoms. The first-order chi connectivity index (χ1) is 19.1. The smallest absolute Gasteiger partial charge is 0.271 e. The van der Waals surface area contributed by atoms with Crippen molar-refractivity contribution in [1.82, 2.24) is 14.9 Å². The van der Waals surface area contributed by atoms with E-state index in [9.17, 15) is 24.1 Å². The molecule has 4 N–H and O–H groups in total. The third-order valence-electron chi connectivity index (χ3n) is 8.03. The number of carbonyl (C=O) groups is 2. The molecule has 2 bridgehead atoms. The van der Waals surface area contributed by atoms with Crippen molar-refractivity contribution in [2.24, 2.45) is 23.5 Å². The van der Waals surface area contributed by atoms with E-state index >= 15 is 0 Å². The van der Waals surface area contributed by atoms with Crippen molar-refractivity contribution >= 4 is 58.1 Å². The van der Waals surface area contributed by atoms with Crippen LogP contribution in [-0.2, 0) is 9.59 Å². The number of piperazine rings is 1. The maximum Gasteiger partial charge on any atom is 0.271 e. The number of aromatic nitrogens is 2. The van der Waals surface area contributed by atoms with E-state index in [4.69, 9.17) is 17.3 Å². The number of nitrogens with zero attached hydrogens (tertiary/aromatic N) is 5. The zero-order chi connectivity index (χ0) is 28.6. The molecule has 3 aliphatic rings. The number of thioether (sulfide) groups is 1. The van der Waals surface area contributed by atoms with Crippen molar-refractivity contribution < 1.29 is 18.9 Å². The molecule has 12 nitrogen and oxygen atoms in total. The van der Waals surface area contributed by atoms with Crippen molar-refractivity contribution in [3.63, 3.8) is 0 Å². The van der Waals surface area contributed by atoms with Gasteiger partial charge in [-0.25, -0.2) is 9.37 Å². The summed E-state index contributed by atoms with van der Waals surface area (Å²) in [6.45, 7) is 3.17. The first kappa shape index (κ1) is 28.3. The third kappa shape index (κ3) is 5.93. The van der Waals surface area contributed by atoms with E-state index < -0.39 is 28.6 Å². The Morgan fingerprint density at radius 2 is 2.02 bits per heavy atom. The number of hydrogen-bond donors (Lipinski definition) is 3. The minimum atomic E-state index is -0.688. The van der Waals surface area contributed by atoms with Crippen molar-refractivity contribution in [2.75, 3.05) is 54.5 Å². The van der Waals surface area contributed by atoms with E-state index in [1.165, 1.54) is 23.9 Å². The first-order valence-electron chi connectivity index (χ1n) is 13.0. The summed E-state index contributed by atoms with van der Waals surface area (Å²) >= 11 is 7.29. The van der Waals surface area contributed by atoms with Crippen molar-refractivity contribution in [3.05, 3.63) is 45.6 Å². The van der Waals surface area contributed by atoms with Crippen molar-refractivity contribution in [1.29, 1.82) is 0 Å². The van der Waals surface area contributed by atoms with Gasteiger partial charge in [-0.2, -0.15) is 4.98 Å². The van der Waals surface area contributed by atoms with Crippen molar-refractivity contribution in [2.45, 2.75) is 24.1 Å². The first-order valence-corrected chi connectivity index (χ1v) is 14.4. The number of non-ortho nitro benzene ring substituents is 1. The van der Waals surface area contributed by atoms with Crippen LogP contribution in [0.2, 0.25) is 5.28 Å². The highest BCUT2D eigenvalue weighted by Gasteiger charge is 2.55. The number of nitro groups is 1. The zero-order valence-corrected chi connectivity index (χ0v) is 23.3. The quantitative estimate of drug-likeness (QED) is 0.224. The normalized spacial score (nSPS) is 26.1. The lowest BCUT2D eigenvalue weighted by Crippen LogP contribution is -2.46. The standard InChI is InChI=1S/C25H30ClFN8O4S/c1-33-4-6-34(7-5-33)18-3-2-14(35(38)39)10-17(18)30-20(36)12-40-19-9-13-8-15(19)22(21(13)23(28)37)31-24-16(27)11-29-25(26)32-24/h2-3,10-11,13,15,19,21-22H,4-9,12H2,1H3,(H2,28,37)(H,30,36)(H,29,31,32)/t13-,15-,19-,21+,22-/m1/s1. The second-order valence-electron chi connectivity index (χ2n) is 10.5. The molecule has 2 aromatic rings. The van der Waals surface area contributed by atoms with E-state index in [0.29, 0.717) is 18.5 Å². The Labute approximate surface area is 239 Å². The van der Waals surface area contributed by atoms with Crippen LogP contribution in [-0.4, -0.2) is 81.9 Å². The number of likely N-dealkylation sites (N-methyl/N-ethyl adjacent to an activating group) is 1. The molecule has 1 aromatic carbocycles. The van der Waals surface area contributed by atoms with Gasteiger partial charge < -0.3 is 26.2 Å². The molecule has 2 amide bonds. The summed E-state index contributed by atoms with van der Waals surface area (Å²) in [5.41, 5.74) is 6.76. The highest BCUT2D eigenvalue weighted by molar-refractivity contribution is 8.00. The molecule has 3 fully saturated rings. The average Bonchev–Trinajstić information content (AvgIpc) is 3.48. The largest absolute Gasteiger partial charge is 0.369 e. The zero-order valence-electron chi connectivity index (χ0n) is 21.8. The Bertz CT molecular complexity index is 1310. The topological polar surface area (TPSA) is 160 Å². The van der Waals surface area contributed by atoms with Gasteiger partial charge >= 0.3 is 0 Å². The number of benzene rings is 1. The van der Waals surface area contributed by atoms with Gasteiger partial charge in [0.1, 0.15) is 0 Å². The summed E-state index contributed by atoms with van der Waals surface area (Å²) in [7, 11) is 2.04. The van der Waals surface area contributed by atoms with E-state index in [2.05, 4.69) is 30.4 Å². The fourth-order valence-electron chi connectivity index (χ4n) is 6.13. The fourth-order valence-corrected chi connectivity index (χ4v) is 7.62. The number of nitrogens with two attached hydrogens (primary N) is 1. The van der Waals surface area contributed by atoms with Crippen molar-refractivity contribution in [3.8, 4) is 0 Å². The maximum absolute atomic E-state index is 14.3. The molecular formula is C25H30ClFN8O4S. The molecule has 2 aliphatic carbocycles. The highest BCUT2D eigenvalue weighted by atomic mass is 35.5. The van der Waals surface area contributed by atoms with Crippen LogP contribution in [0, 0.1) is 33.7 Å². The number of nitrogens with one attached hydrogen (secondary N) is 2. The van der Waals surface area contributed by atoms with Gasteiger partial charge in [-0.15, -0.1) is 11.8 Å². The lowest BCUT2D eigenvalue weighted by atomic mass is 9.83. The van der Waals surface area contributed by atoms with E-state index in [1.807, 2.05) is 7.05 Å². The molecule has 2 saturated carbocycles. The second kappa shape index (κ2) is 11.7. The van der Waals surface area contributed by atoms with Gasteiger partial charge in [0.2, 0.25) is 17.1 Å². The fraction of sp³-hybridized carbons (Fsp3) is 0.520. The monoisotopic (exact) mass is 592 g/mol. The Balaban J connectivity index is 1.26. The minimum absolute atomic E-state index is 0.00143. The van der Waals surface area contributed by atoms with Crippen LogP contribution in [0.1, 0.15) is 12.8 Å². The van der Waals surface area contributed by atoms with E-state index in [0.717, 1.165) is 38.1 Å². The Morgan fingerprint density at radius 1 is 1.27 bits per heavy atom. The number of anilines is 3. The number of primary amides is 1. The number of amides is 2. The summed E-state index contributed by atoms with van der Waals surface area (Å²) in [5.74, 6) is -1.96. The van der Waals surface area contributed by atoms with Gasteiger partial charge in [0.05, 0.1) is 34.2 Å². The molecule has 0 unspecified atom stereocenters. The van der Waals surface area contributed by atoms with Crippen LogP contribution in [0.4, 0.5) is 27.3 Å². The predicted molar refractivity (Wildman–Crippen MR) is 151 cm³/mol. The number of carbonyl (C=O) groups excluding carboxylic acids is 2. The van der Waals surface area contributed by atoms with Gasteiger partial charge in [-0.3, -0.25) is 19.7 Å². The summed E-state index contributed by atoms with van der Waals surface area (Å²) in [5, 5.41) is 17.2. The number of rotatable bonds is 9. The molecule has 0 radical (unpaired) electrons. The molecule has 1 saturated heterocycles. The van der Waals surface area contributed by atoms with Crippen LogP contribution in [0.5, 0.6) is 0 Å². The SMILES string of the molecule is CN1CCN(c2ccc([N+](=O)[O-])cc2NC(=O)CS[C@@H]2C[C@H]3C[C@H]2[C@@H](Nc2nc(Cl)ncc2F)[C@H]3C(N)=O)CC1. The second-order valence-corrected chi connectivity index (χ2v) is 12.0. The molecule has 15 heteroatoms. The van der Waals surface area contributed by atoms with E-state index in [1.54, 1.807) is 6.07 Å². The number of halogens is 2. The molecule has 2 heterocycles. The molecule has 1 aliphatic heterocycles.